The Balaban J connectivity index is 3.94. The minimum absolute atomic E-state index is 0.485. The molecule has 0 fully saturated rings. The highest BCUT2D eigenvalue weighted by Gasteiger charge is 1.95. The summed E-state index contributed by atoms with van der Waals surface area (Å²) in [5, 5.41) is 5.73. The Morgan fingerprint density at radius 3 is 2.38 bits per heavy atom. The normalized spacial score (nSPS) is 10.1. The summed E-state index contributed by atoms with van der Waals surface area (Å²) in [5.74, 6) is 0. The molecule has 0 aliphatic rings. The molecular weight excluding hydrogens is 146 g/mol. The van der Waals surface area contributed by atoms with Gasteiger partial charge in [0.1, 0.15) is 0 Å². The van der Waals surface area contributed by atoms with E-state index in [1.807, 2.05) is 0 Å². The molecule has 0 radical (unpaired) electrons. The highest BCUT2D eigenvalue weighted by Crippen LogP contribution is 2.05. The van der Waals surface area contributed by atoms with Gasteiger partial charge in [-0.25, -0.2) is 13.6 Å². The van der Waals surface area contributed by atoms with Crippen molar-refractivity contribution in [3.63, 3.8) is 0 Å². The van der Waals surface area contributed by atoms with Crippen LogP contribution in [0.3, 0.4) is 0 Å². The molecule has 0 amide bonds. The Hall–Kier alpha value is -0.220. The second-order valence-corrected chi connectivity index (χ2v) is 4.30. The second kappa shape index (κ2) is 2.94. The maximum absolute atomic E-state index is 10.0. The van der Waals surface area contributed by atoms with Gasteiger partial charge in [-0.2, -0.15) is 0 Å². The van der Waals surface area contributed by atoms with Crippen LogP contribution in [0.4, 0.5) is 0 Å². The fourth-order valence-electron chi connectivity index (χ4n) is 0.101. The molecule has 0 spiro atoms. The van der Waals surface area contributed by atoms with E-state index in [4.69, 9.17) is 0 Å². The highest BCUT2D eigenvalue weighted by molar-refractivity contribution is 8.72. The van der Waals surface area contributed by atoms with E-state index < -0.39 is 9.06 Å². The Labute approximate surface area is 51.7 Å². The van der Waals surface area contributed by atoms with Gasteiger partial charge in [0.25, 0.3) is 9.06 Å². The van der Waals surface area contributed by atoms with Crippen molar-refractivity contribution in [1.82, 2.24) is 0 Å². The van der Waals surface area contributed by atoms with Crippen LogP contribution in [-0.2, 0) is 9.06 Å². The zero-order valence-electron chi connectivity index (χ0n) is 3.99. The molecule has 3 nitrogen and oxygen atoms in total. The second-order valence-electron chi connectivity index (χ2n) is 0.911. The summed E-state index contributed by atoms with van der Waals surface area (Å²) in [6.45, 7) is 3.14. The van der Waals surface area contributed by atoms with E-state index in [-0.39, 0.29) is 0 Å². The summed E-state index contributed by atoms with van der Waals surface area (Å²) in [6.07, 6.45) is 0. The van der Waals surface area contributed by atoms with Crippen LogP contribution in [0, 0.1) is 0 Å². The Bertz CT molecular complexity index is 199. The number of nitrogens with two attached hydrogens (primary N) is 1. The number of hydrogen-bond donors (Lipinski definition) is 1. The molecule has 46 valence electrons. The van der Waals surface area contributed by atoms with E-state index >= 15 is 0 Å². The van der Waals surface area contributed by atoms with Crippen molar-refractivity contribution in [3.8, 4) is 0 Å². The van der Waals surface area contributed by atoms with Crippen molar-refractivity contribution < 1.29 is 8.42 Å². The third-order valence-corrected chi connectivity index (χ3v) is 1.89. The molecular formula is C3H5NO2S2. The maximum Gasteiger partial charge on any atom is 0.266 e. The summed E-state index contributed by atoms with van der Waals surface area (Å²) >= 11 is 0. The van der Waals surface area contributed by atoms with Gasteiger partial charge in [0.05, 0.1) is 0 Å². The number of hydrogen-bond acceptors (Lipinski definition) is 3. The smallest absolute Gasteiger partial charge is 0.219 e. The van der Waals surface area contributed by atoms with Gasteiger partial charge >= 0.3 is 0 Å². The summed E-state index contributed by atoms with van der Waals surface area (Å²) in [5.41, 5.74) is 2.25. The minimum atomic E-state index is -3.43. The summed E-state index contributed by atoms with van der Waals surface area (Å²) in [7, 11) is -2.94. The molecule has 0 unspecified atom stereocenters. The van der Waals surface area contributed by atoms with Gasteiger partial charge in [-0.1, -0.05) is 6.58 Å². The van der Waals surface area contributed by atoms with Crippen LogP contribution in [0.15, 0.2) is 17.7 Å². The Kier molecular flexibility index (Phi) is 2.86. The molecule has 0 rings (SSSR count). The average Bonchev–Trinajstić information content (AvgIpc) is 1.59. The van der Waals surface area contributed by atoms with Crippen molar-refractivity contribution in [2.45, 2.75) is 0 Å². The monoisotopic (exact) mass is 151 g/mol. The first kappa shape index (κ1) is 7.78. The van der Waals surface area contributed by atoms with Gasteiger partial charge in [-0.3, -0.25) is 0 Å². The molecule has 0 aromatic carbocycles. The van der Waals surface area contributed by atoms with Crippen LogP contribution in [0.5, 0.6) is 0 Å². The lowest BCUT2D eigenvalue weighted by Crippen LogP contribution is -2.03. The van der Waals surface area contributed by atoms with Crippen LogP contribution in [0.1, 0.15) is 0 Å². The van der Waals surface area contributed by atoms with Crippen molar-refractivity contribution in [2.75, 3.05) is 0 Å². The van der Waals surface area contributed by atoms with Crippen molar-refractivity contribution in [3.05, 3.63) is 17.7 Å². The molecule has 8 heavy (non-hydrogen) atoms. The molecule has 0 heterocycles. The standard InChI is InChI=1S/C3H5NO2S2/c1-2-3-7-8(4,5)6/h3H,1H2,(H2,4,5,6). The van der Waals surface area contributed by atoms with Gasteiger partial charge in [0, 0.05) is 16.2 Å². The first-order chi connectivity index (χ1) is 3.56. The molecule has 0 saturated heterocycles. The fraction of sp³-hybridized carbons (Fsp3) is 0. The van der Waals surface area contributed by atoms with E-state index in [2.05, 4.69) is 17.4 Å². The SMILES string of the molecule is C=C=CSS(N)(=O)=O. The van der Waals surface area contributed by atoms with Crippen LogP contribution in [0.25, 0.3) is 0 Å². The first-order valence-corrected chi connectivity index (χ1v) is 4.56. The van der Waals surface area contributed by atoms with Crippen molar-refractivity contribution in [2.24, 2.45) is 5.14 Å². The minimum Gasteiger partial charge on any atom is -0.219 e. The number of rotatable bonds is 2. The molecule has 0 aromatic heterocycles. The summed E-state index contributed by atoms with van der Waals surface area (Å²) < 4.78 is 20.1. The molecule has 0 aromatic rings. The molecule has 0 saturated carbocycles. The summed E-state index contributed by atoms with van der Waals surface area (Å²) in [4.78, 5) is 0. The average molecular weight is 151 g/mol. The molecule has 0 aliphatic carbocycles. The summed E-state index contributed by atoms with van der Waals surface area (Å²) in [6, 6.07) is 0. The fourth-order valence-corrected chi connectivity index (χ4v) is 0.910. The van der Waals surface area contributed by atoms with Gasteiger partial charge in [-0.05, 0) is 0 Å². The van der Waals surface area contributed by atoms with E-state index in [0.29, 0.717) is 10.8 Å². The predicted octanol–water partition coefficient (Wildman–Crippen LogP) is 0.222. The van der Waals surface area contributed by atoms with Gasteiger partial charge < -0.3 is 0 Å². The molecule has 0 aliphatic heterocycles. The van der Waals surface area contributed by atoms with Crippen LogP contribution in [-0.4, -0.2) is 8.42 Å². The van der Waals surface area contributed by atoms with E-state index in [1.165, 1.54) is 5.41 Å². The zero-order chi connectivity index (χ0) is 6.62. The van der Waals surface area contributed by atoms with Gasteiger partial charge in [0.2, 0.25) is 0 Å². The van der Waals surface area contributed by atoms with Gasteiger partial charge in [0.15, 0.2) is 0 Å². The Morgan fingerprint density at radius 1 is 1.75 bits per heavy atom. The van der Waals surface area contributed by atoms with E-state index in [9.17, 15) is 8.42 Å². The topological polar surface area (TPSA) is 60.2 Å². The van der Waals surface area contributed by atoms with Crippen LogP contribution in [0.2, 0.25) is 0 Å². The van der Waals surface area contributed by atoms with Crippen LogP contribution >= 0.6 is 10.8 Å². The van der Waals surface area contributed by atoms with Crippen LogP contribution < -0.4 is 5.14 Å². The highest BCUT2D eigenvalue weighted by atomic mass is 33.1. The third kappa shape index (κ3) is 5.78. The lowest BCUT2D eigenvalue weighted by Gasteiger charge is -1.82. The zero-order valence-corrected chi connectivity index (χ0v) is 5.63. The largest absolute Gasteiger partial charge is 0.266 e. The molecule has 2 N–H and O–H groups in total. The predicted molar refractivity (Wildman–Crippen MR) is 34.4 cm³/mol. The Morgan fingerprint density at radius 2 is 2.25 bits per heavy atom. The van der Waals surface area contributed by atoms with Gasteiger partial charge in [-0.15, -0.1) is 5.73 Å². The van der Waals surface area contributed by atoms with Crippen molar-refractivity contribution in [1.29, 1.82) is 0 Å². The quantitative estimate of drug-likeness (QED) is 0.453. The lowest BCUT2D eigenvalue weighted by molar-refractivity contribution is 0.612. The first-order valence-electron chi connectivity index (χ1n) is 1.61. The van der Waals surface area contributed by atoms with Crippen molar-refractivity contribution >= 4 is 19.8 Å². The van der Waals surface area contributed by atoms with E-state index in [0.717, 1.165) is 0 Å². The third-order valence-electron chi connectivity index (χ3n) is 0.266. The molecule has 5 heteroatoms. The molecule has 0 bridgehead atoms. The molecule has 0 atom stereocenters. The van der Waals surface area contributed by atoms with E-state index in [1.54, 1.807) is 0 Å². The maximum atomic E-state index is 10.0. The lowest BCUT2D eigenvalue weighted by atomic mass is 11.0.